The second-order valence-corrected chi connectivity index (χ2v) is 6.12. The lowest BCUT2D eigenvalue weighted by molar-refractivity contribution is -0.117. The fourth-order valence-electron chi connectivity index (χ4n) is 3.14. The lowest BCUT2D eigenvalue weighted by Gasteiger charge is -2.27. The minimum Gasteiger partial charge on any atom is -0.394 e. The molecule has 136 valence electrons. The topological polar surface area (TPSA) is 176 Å². The number of primary amides is 1. The fourth-order valence-corrected chi connectivity index (χ4v) is 3.14. The molecule has 0 aliphatic carbocycles. The number of fused-ring (bicyclic) bond motifs is 1. The van der Waals surface area contributed by atoms with Crippen molar-refractivity contribution in [3.8, 4) is 0 Å². The van der Waals surface area contributed by atoms with Gasteiger partial charge in [-0.15, -0.1) is 0 Å². The highest BCUT2D eigenvalue weighted by Crippen LogP contribution is 2.41. The number of hydrogen-bond acceptors (Lipinski definition) is 9. The third kappa shape index (κ3) is 2.71. The zero-order valence-electron chi connectivity index (χ0n) is 13.3. The van der Waals surface area contributed by atoms with E-state index in [0.717, 1.165) is 0 Å². The molecule has 25 heavy (non-hydrogen) atoms. The van der Waals surface area contributed by atoms with Gasteiger partial charge in [-0.1, -0.05) is 0 Å². The summed E-state index contributed by atoms with van der Waals surface area (Å²) in [6, 6.07) is 0. The van der Waals surface area contributed by atoms with E-state index in [1.807, 2.05) is 5.48 Å². The van der Waals surface area contributed by atoms with Crippen molar-refractivity contribution in [1.29, 1.82) is 0 Å². The van der Waals surface area contributed by atoms with E-state index in [0.29, 0.717) is 10.9 Å². The van der Waals surface area contributed by atoms with Gasteiger partial charge in [-0.25, -0.2) is 9.97 Å². The van der Waals surface area contributed by atoms with E-state index in [-0.39, 0.29) is 17.9 Å². The van der Waals surface area contributed by atoms with Gasteiger partial charge in [-0.2, -0.15) is 0 Å². The Morgan fingerprint density at radius 1 is 1.52 bits per heavy atom. The van der Waals surface area contributed by atoms with E-state index in [4.69, 9.17) is 10.5 Å². The molecule has 0 radical (unpaired) electrons. The molecule has 3 rings (SSSR count). The summed E-state index contributed by atoms with van der Waals surface area (Å²) in [7, 11) is 0. The van der Waals surface area contributed by atoms with E-state index >= 15 is 0 Å². The van der Waals surface area contributed by atoms with Crippen molar-refractivity contribution in [3.05, 3.63) is 18.1 Å². The smallest absolute Gasteiger partial charge is 0.221 e. The van der Waals surface area contributed by atoms with Crippen molar-refractivity contribution in [3.63, 3.8) is 0 Å². The van der Waals surface area contributed by atoms with Crippen LogP contribution in [0, 0.1) is 0 Å². The summed E-state index contributed by atoms with van der Waals surface area (Å²) in [4.78, 5) is 19.4. The first kappa shape index (κ1) is 17.5. The molecule has 0 bridgehead atoms. The summed E-state index contributed by atoms with van der Waals surface area (Å²) in [5.41, 5.74) is 6.11. The van der Waals surface area contributed by atoms with Crippen LogP contribution in [0.15, 0.2) is 12.5 Å². The Hall–Kier alpha value is -2.31. The number of anilines is 1. The number of carbonyl (C=O) groups excluding carboxylic acids is 1. The van der Waals surface area contributed by atoms with Gasteiger partial charge in [0.25, 0.3) is 0 Å². The molecule has 11 heteroatoms. The first-order chi connectivity index (χ1) is 11.8. The molecule has 0 unspecified atom stereocenters. The molecule has 1 amide bonds. The molecule has 2 aromatic heterocycles. The van der Waals surface area contributed by atoms with Crippen molar-refractivity contribution in [1.82, 2.24) is 14.5 Å². The molecule has 1 saturated heterocycles. The normalized spacial score (nSPS) is 29.2. The molecule has 1 fully saturated rings. The molecule has 7 N–H and O–H groups in total. The maximum atomic E-state index is 11.4. The van der Waals surface area contributed by atoms with Crippen LogP contribution in [0.1, 0.15) is 18.7 Å². The van der Waals surface area contributed by atoms with Crippen LogP contribution in [0.3, 0.4) is 0 Å². The van der Waals surface area contributed by atoms with Crippen LogP contribution >= 0.6 is 0 Å². The highest BCUT2D eigenvalue weighted by molar-refractivity contribution is 5.93. The van der Waals surface area contributed by atoms with Crippen molar-refractivity contribution < 1.29 is 30.1 Å². The maximum absolute atomic E-state index is 11.4. The molecular formula is C14H19N5O6. The van der Waals surface area contributed by atoms with E-state index in [9.17, 15) is 25.3 Å². The largest absolute Gasteiger partial charge is 0.394 e. The van der Waals surface area contributed by atoms with Crippen molar-refractivity contribution in [2.45, 2.75) is 37.4 Å². The molecule has 1 aliphatic heterocycles. The summed E-state index contributed by atoms with van der Waals surface area (Å²) in [6.45, 7) is 0.879. The van der Waals surface area contributed by atoms with Gasteiger partial charge in [0.1, 0.15) is 29.8 Å². The monoisotopic (exact) mass is 353 g/mol. The minimum absolute atomic E-state index is 0.0527. The van der Waals surface area contributed by atoms with Crippen LogP contribution in [0.4, 0.5) is 5.82 Å². The Labute approximate surface area is 141 Å². The number of carbonyl (C=O) groups is 1. The third-order valence-corrected chi connectivity index (χ3v) is 4.35. The quantitative estimate of drug-likeness (QED) is 0.341. The molecule has 0 spiro atoms. The summed E-state index contributed by atoms with van der Waals surface area (Å²) >= 11 is 0. The molecule has 2 aromatic rings. The van der Waals surface area contributed by atoms with Crippen molar-refractivity contribution in [2.24, 2.45) is 5.73 Å². The molecule has 11 nitrogen and oxygen atoms in total. The summed E-state index contributed by atoms with van der Waals surface area (Å²) < 4.78 is 6.99. The fraction of sp³-hybridized carbons (Fsp3) is 0.500. The molecular weight excluding hydrogens is 334 g/mol. The number of amides is 1. The third-order valence-electron chi connectivity index (χ3n) is 4.35. The van der Waals surface area contributed by atoms with Gasteiger partial charge in [0.15, 0.2) is 12.0 Å². The number of nitrogens with two attached hydrogens (primary N) is 1. The van der Waals surface area contributed by atoms with Gasteiger partial charge in [-0.3, -0.25) is 15.5 Å². The van der Waals surface area contributed by atoms with Crippen LogP contribution in [0.5, 0.6) is 0 Å². The van der Waals surface area contributed by atoms with E-state index in [1.54, 1.807) is 0 Å². The number of aliphatic hydroxyl groups is 3. The number of aromatic nitrogens is 3. The Balaban J connectivity index is 2.19. The molecule has 0 aromatic carbocycles. The highest BCUT2D eigenvalue weighted by Gasteiger charge is 2.53. The Morgan fingerprint density at radius 3 is 2.80 bits per heavy atom. The zero-order chi connectivity index (χ0) is 18.4. The first-order valence-corrected chi connectivity index (χ1v) is 7.50. The van der Waals surface area contributed by atoms with Gasteiger partial charge >= 0.3 is 0 Å². The summed E-state index contributed by atoms with van der Waals surface area (Å²) in [5, 5.41) is 39.7. The van der Waals surface area contributed by atoms with Crippen molar-refractivity contribution in [2.75, 3.05) is 12.1 Å². The summed E-state index contributed by atoms with van der Waals surface area (Å²) in [6.07, 6.45) is -0.922. The number of nitrogens with one attached hydrogen (secondary N) is 1. The molecule has 4 atom stereocenters. The highest BCUT2D eigenvalue weighted by atomic mass is 16.6. The second kappa shape index (κ2) is 6.20. The molecule has 0 saturated carbocycles. The minimum atomic E-state index is -1.74. The first-order valence-electron chi connectivity index (χ1n) is 7.50. The number of ether oxygens (including phenoxy) is 1. The van der Waals surface area contributed by atoms with Crippen LogP contribution < -0.4 is 11.2 Å². The van der Waals surface area contributed by atoms with Gasteiger partial charge in [0.05, 0.1) is 18.4 Å². The van der Waals surface area contributed by atoms with E-state index in [1.165, 1.54) is 24.0 Å². The molecule has 1 aliphatic rings. The number of hydrogen-bond donors (Lipinski definition) is 6. The van der Waals surface area contributed by atoms with Crippen LogP contribution in [0.25, 0.3) is 11.0 Å². The molecule has 3 heterocycles. The Kier molecular flexibility index (Phi) is 4.34. The average molecular weight is 353 g/mol. The maximum Gasteiger partial charge on any atom is 0.221 e. The van der Waals surface area contributed by atoms with Gasteiger partial charge in [-0.05, 0) is 12.5 Å². The predicted molar refractivity (Wildman–Crippen MR) is 83.5 cm³/mol. The second-order valence-electron chi connectivity index (χ2n) is 6.12. The van der Waals surface area contributed by atoms with Crippen LogP contribution in [-0.2, 0) is 16.0 Å². The van der Waals surface area contributed by atoms with Crippen molar-refractivity contribution >= 4 is 22.8 Å². The lowest BCUT2D eigenvalue weighted by atomic mass is 9.96. The zero-order valence-corrected chi connectivity index (χ0v) is 13.3. The standard InChI is InChI=1S/C14H19N5O6/c1-14(23)10(22)7(4-20)25-13(14)19-3-6(2-8(15)21)9-11(18-24)16-5-17-12(9)19/h3,5,7,10,13,20,22-24H,2,4H2,1H3,(H2,15,21)(H,16,17,18)/t7-,10-,13-,14-/m1/s1. The SMILES string of the molecule is C[C@@]1(O)[C@H](O)[C@@H](CO)O[C@H]1n1cc(CC(N)=O)c2c(NO)ncnc21. The average Bonchev–Trinajstić information content (AvgIpc) is 3.03. The number of aliphatic hydroxyl groups excluding tert-OH is 2. The van der Waals surface area contributed by atoms with E-state index in [2.05, 4.69) is 9.97 Å². The number of rotatable bonds is 5. The van der Waals surface area contributed by atoms with E-state index < -0.39 is 36.6 Å². The predicted octanol–water partition coefficient (Wildman–Crippen LogP) is -1.74. The van der Waals surface area contributed by atoms with Crippen LogP contribution in [0.2, 0.25) is 0 Å². The number of nitrogens with zero attached hydrogens (tertiary/aromatic N) is 3. The van der Waals surface area contributed by atoms with Gasteiger partial charge in [0.2, 0.25) is 5.91 Å². The Bertz CT molecular complexity index is 806. The van der Waals surface area contributed by atoms with Gasteiger partial charge < -0.3 is 30.4 Å². The summed E-state index contributed by atoms with van der Waals surface area (Å²) in [5.74, 6) is -0.559. The van der Waals surface area contributed by atoms with Gasteiger partial charge in [0, 0.05) is 6.20 Å². The lowest BCUT2D eigenvalue weighted by Crippen LogP contribution is -2.44. The Morgan fingerprint density at radius 2 is 2.24 bits per heavy atom. The van der Waals surface area contributed by atoms with Crippen LogP contribution in [-0.4, -0.2) is 65.4 Å².